The second-order valence-corrected chi connectivity index (χ2v) is 6.81. The minimum absolute atomic E-state index is 0.202. The Morgan fingerprint density at radius 3 is 2.56 bits per heavy atom. The highest BCUT2D eigenvalue weighted by Gasteiger charge is 2.16. The van der Waals surface area contributed by atoms with Gasteiger partial charge < -0.3 is 5.11 Å². The van der Waals surface area contributed by atoms with Gasteiger partial charge in [0, 0.05) is 18.2 Å². The van der Waals surface area contributed by atoms with Crippen molar-refractivity contribution in [2.45, 2.75) is 19.5 Å². The molecule has 0 spiro atoms. The van der Waals surface area contributed by atoms with E-state index in [-0.39, 0.29) is 6.04 Å². The van der Waals surface area contributed by atoms with Crippen molar-refractivity contribution < 1.29 is 5.11 Å². The molecular formula is C22H22N4O. The first-order valence-electron chi connectivity index (χ1n) is 8.98. The number of fused-ring (bicyclic) bond motifs is 1. The minimum atomic E-state index is 0.202. The van der Waals surface area contributed by atoms with Crippen molar-refractivity contribution in [1.82, 2.24) is 19.7 Å². The lowest BCUT2D eigenvalue weighted by Crippen LogP contribution is -2.22. The molecule has 0 fully saturated rings. The molecule has 1 N–H and O–H groups in total. The largest absolute Gasteiger partial charge is 0.508 e. The van der Waals surface area contributed by atoms with Crippen molar-refractivity contribution in [3.05, 3.63) is 84.4 Å². The SMILES string of the molecule is C[C@@H](c1ccc(-n2cncn2)cc1)N(C)Cc1c(O)ccc2ccccc12. The molecule has 0 unspecified atom stereocenters. The number of phenolic OH excluding ortho intramolecular Hbond substituents is 1. The second kappa shape index (κ2) is 7.21. The maximum Gasteiger partial charge on any atom is 0.138 e. The second-order valence-electron chi connectivity index (χ2n) is 6.81. The van der Waals surface area contributed by atoms with Crippen LogP contribution in [0.15, 0.2) is 73.3 Å². The summed E-state index contributed by atoms with van der Waals surface area (Å²) in [6.07, 6.45) is 3.22. The lowest BCUT2D eigenvalue weighted by atomic mass is 10.0. The first-order chi connectivity index (χ1) is 13.1. The van der Waals surface area contributed by atoms with Crippen LogP contribution in [-0.4, -0.2) is 31.8 Å². The van der Waals surface area contributed by atoms with Crippen LogP contribution in [0.4, 0.5) is 0 Å². The summed E-state index contributed by atoms with van der Waals surface area (Å²) in [5, 5.41) is 16.8. The van der Waals surface area contributed by atoms with E-state index >= 15 is 0 Å². The highest BCUT2D eigenvalue weighted by Crippen LogP contribution is 2.30. The molecule has 27 heavy (non-hydrogen) atoms. The number of nitrogens with zero attached hydrogens (tertiary/aromatic N) is 4. The van der Waals surface area contributed by atoms with Gasteiger partial charge in [-0.2, -0.15) is 5.10 Å². The maximum absolute atomic E-state index is 10.4. The molecule has 4 aromatic rings. The van der Waals surface area contributed by atoms with E-state index in [4.69, 9.17) is 0 Å². The van der Waals surface area contributed by atoms with E-state index in [0.29, 0.717) is 12.3 Å². The van der Waals surface area contributed by atoms with Gasteiger partial charge in [0.05, 0.1) is 5.69 Å². The Kier molecular flexibility index (Phi) is 4.60. The van der Waals surface area contributed by atoms with Crippen LogP contribution < -0.4 is 0 Å². The van der Waals surface area contributed by atoms with Crippen molar-refractivity contribution in [3.8, 4) is 11.4 Å². The highest BCUT2D eigenvalue weighted by atomic mass is 16.3. The Morgan fingerprint density at radius 1 is 1.04 bits per heavy atom. The lowest BCUT2D eigenvalue weighted by Gasteiger charge is -2.26. The molecule has 136 valence electrons. The van der Waals surface area contributed by atoms with E-state index in [1.54, 1.807) is 17.1 Å². The molecule has 0 radical (unpaired) electrons. The molecule has 0 saturated heterocycles. The molecule has 4 rings (SSSR count). The average Bonchev–Trinajstić information content (AvgIpc) is 3.24. The van der Waals surface area contributed by atoms with E-state index in [1.165, 1.54) is 11.9 Å². The molecule has 0 amide bonds. The molecular weight excluding hydrogens is 336 g/mol. The van der Waals surface area contributed by atoms with Crippen LogP contribution in [0.2, 0.25) is 0 Å². The number of benzene rings is 3. The molecule has 0 aliphatic carbocycles. The number of rotatable bonds is 5. The van der Waals surface area contributed by atoms with Gasteiger partial charge in [0.2, 0.25) is 0 Å². The van der Waals surface area contributed by atoms with Crippen LogP contribution in [0.3, 0.4) is 0 Å². The topological polar surface area (TPSA) is 54.2 Å². The third kappa shape index (κ3) is 3.41. The summed E-state index contributed by atoms with van der Waals surface area (Å²) in [6.45, 7) is 2.84. The van der Waals surface area contributed by atoms with Crippen molar-refractivity contribution in [2.24, 2.45) is 0 Å². The van der Waals surface area contributed by atoms with Crippen molar-refractivity contribution >= 4 is 10.8 Å². The number of aromatic nitrogens is 3. The zero-order chi connectivity index (χ0) is 18.8. The maximum atomic E-state index is 10.4. The van der Waals surface area contributed by atoms with Gasteiger partial charge in [0.25, 0.3) is 0 Å². The summed E-state index contributed by atoms with van der Waals surface area (Å²) in [7, 11) is 2.08. The molecule has 1 aromatic heterocycles. The molecule has 0 aliphatic heterocycles. The average molecular weight is 358 g/mol. The fourth-order valence-corrected chi connectivity index (χ4v) is 3.38. The van der Waals surface area contributed by atoms with Crippen molar-refractivity contribution in [3.63, 3.8) is 0 Å². The molecule has 1 atom stereocenters. The van der Waals surface area contributed by atoms with Crippen LogP contribution in [-0.2, 0) is 6.54 Å². The van der Waals surface area contributed by atoms with Crippen LogP contribution in [0.5, 0.6) is 5.75 Å². The third-order valence-corrected chi connectivity index (χ3v) is 5.14. The van der Waals surface area contributed by atoms with Gasteiger partial charge in [-0.05, 0) is 48.5 Å². The van der Waals surface area contributed by atoms with E-state index in [0.717, 1.165) is 22.0 Å². The lowest BCUT2D eigenvalue weighted by molar-refractivity contribution is 0.251. The van der Waals surface area contributed by atoms with Gasteiger partial charge >= 0.3 is 0 Å². The molecule has 5 nitrogen and oxygen atoms in total. The zero-order valence-electron chi connectivity index (χ0n) is 15.4. The molecule has 1 heterocycles. The summed E-state index contributed by atoms with van der Waals surface area (Å²) in [6, 6.07) is 20.4. The molecule has 5 heteroatoms. The van der Waals surface area contributed by atoms with Crippen molar-refractivity contribution in [1.29, 1.82) is 0 Å². The molecule has 0 saturated carbocycles. The highest BCUT2D eigenvalue weighted by molar-refractivity contribution is 5.87. The van der Waals surface area contributed by atoms with E-state index < -0.39 is 0 Å². The Hall–Kier alpha value is -3.18. The Bertz CT molecular complexity index is 1040. The van der Waals surface area contributed by atoms with Crippen LogP contribution in [0.1, 0.15) is 24.1 Å². The Labute approximate surface area is 158 Å². The number of phenols is 1. The molecule has 0 aliphatic rings. The van der Waals surface area contributed by atoms with Gasteiger partial charge in [-0.25, -0.2) is 9.67 Å². The predicted octanol–water partition coefficient (Wildman–Crippen LogP) is 4.32. The fourth-order valence-electron chi connectivity index (χ4n) is 3.38. The summed E-state index contributed by atoms with van der Waals surface area (Å²) in [4.78, 5) is 6.23. The number of hydrogen-bond donors (Lipinski definition) is 1. The molecule has 3 aromatic carbocycles. The van der Waals surface area contributed by atoms with E-state index in [9.17, 15) is 5.11 Å². The quantitative estimate of drug-likeness (QED) is 0.577. The summed E-state index contributed by atoms with van der Waals surface area (Å²) in [5.41, 5.74) is 3.15. The van der Waals surface area contributed by atoms with Crippen LogP contribution >= 0.6 is 0 Å². The van der Waals surface area contributed by atoms with E-state index in [2.05, 4.69) is 53.2 Å². The summed E-state index contributed by atoms with van der Waals surface area (Å²) in [5.74, 6) is 0.342. The Balaban J connectivity index is 1.56. The first-order valence-corrected chi connectivity index (χ1v) is 8.98. The minimum Gasteiger partial charge on any atom is -0.508 e. The monoisotopic (exact) mass is 358 g/mol. The first kappa shape index (κ1) is 17.2. The standard InChI is InChI=1S/C22H22N4O/c1-16(17-7-10-19(11-8-17)26-15-23-14-24-26)25(2)13-21-20-6-4-3-5-18(20)9-12-22(21)27/h3-12,14-16,27H,13H2,1-2H3/t16-/m0/s1. The van der Waals surface area contributed by atoms with E-state index in [1.807, 2.05) is 30.3 Å². The summed E-state index contributed by atoms with van der Waals surface area (Å²) >= 11 is 0. The third-order valence-electron chi connectivity index (χ3n) is 5.14. The normalized spacial score (nSPS) is 12.6. The van der Waals surface area contributed by atoms with Gasteiger partial charge in [-0.15, -0.1) is 0 Å². The van der Waals surface area contributed by atoms with Gasteiger partial charge in [0.15, 0.2) is 0 Å². The van der Waals surface area contributed by atoms with Crippen molar-refractivity contribution in [2.75, 3.05) is 7.05 Å². The number of aromatic hydroxyl groups is 1. The number of hydrogen-bond acceptors (Lipinski definition) is 4. The van der Waals surface area contributed by atoms with Gasteiger partial charge in [-0.3, -0.25) is 4.90 Å². The predicted molar refractivity (Wildman–Crippen MR) is 107 cm³/mol. The Morgan fingerprint density at radius 2 is 1.81 bits per heavy atom. The van der Waals surface area contributed by atoms with Crippen LogP contribution in [0, 0.1) is 0 Å². The van der Waals surface area contributed by atoms with Gasteiger partial charge in [0.1, 0.15) is 18.4 Å². The zero-order valence-corrected chi connectivity index (χ0v) is 15.4. The van der Waals surface area contributed by atoms with Gasteiger partial charge in [-0.1, -0.05) is 42.5 Å². The smallest absolute Gasteiger partial charge is 0.138 e. The summed E-state index contributed by atoms with van der Waals surface area (Å²) < 4.78 is 1.74. The molecule has 0 bridgehead atoms. The fraction of sp³-hybridized carbons (Fsp3) is 0.182. The van der Waals surface area contributed by atoms with Crippen LogP contribution in [0.25, 0.3) is 16.5 Å².